The molecule has 4 nitrogen and oxygen atoms in total. The van der Waals surface area contributed by atoms with Gasteiger partial charge in [0.2, 0.25) is 11.7 Å². The molecule has 0 saturated carbocycles. The Morgan fingerprint density at radius 3 is 2.50 bits per heavy atom. The lowest BCUT2D eigenvalue weighted by atomic mass is 10.1. The van der Waals surface area contributed by atoms with Crippen LogP contribution in [0.15, 0.2) is 28.7 Å². The van der Waals surface area contributed by atoms with Crippen LogP contribution in [-0.2, 0) is 6.42 Å². The largest absolute Gasteiger partial charge is 0.475 e. The van der Waals surface area contributed by atoms with Crippen molar-refractivity contribution in [2.75, 3.05) is 0 Å². The summed E-state index contributed by atoms with van der Waals surface area (Å²) >= 11 is 0. The van der Waals surface area contributed by atoms with Gasteiger partial charge in [-0.15, -0.1) is 0 Å². The number of aryl methyl sites for hydroxylation is 2. The Bertz CT molecular complexity index is 555. The Hall–Kier alpha value is -2.10. The molecule has 0 saturated heterocycles. The zero-order valence-electron chi connectivity index (χ0n) is 10.4. The van der Waals surface area contributed by atoms with Crippen LogP contribution in [0.25, 0.3) is 11.5 Å². The molecule has 4 heteroatoms. The van der Waals surface area contributed by atoms with Crippen molar-refractivity contribution in [3.8, 4) is 11.5 Å². The molecule has 0 aliphatic heterocycles. The van der Waals surface area contributed by atoms with E-state index in [1.807, 2.05) is 24.3 Å². The molecule has 1 heterocycles. The van der Waals surface area contributed by atoms with E-state index in [0.717, 1.165) is 18.4 Å². The Morgan fingerprint density at radius 2 is 2.00 bits per heavy atom. The van der Waals surface area contributed by atoms with Gasteiger partial charge in [0.25, 0.3) is 0 Å². The number of hydrogen-bond donors (Lipinski definition) is 1. The van der Waals surface area contributed by atoms with Crippen LogP contribution >= 0.6 is 0 Å². The molecular formula is C14H15NO3. The average Bonchev–Trinajstić information content (AvgIpc) is 2.73. The molecule has 0 fully saturated rings. The maximum absolute atomic E-state index is 10.9. The molecule has 0 spiro atoms. The molecule has 2 aromatic rings. The third-order valence-electron chi connectivity index (χ3n) is 2.73. The number of carbonyl (C=O) groups is 1. The number of aromatic nitrogens is 1. The summed E-state index contributed by atoms with van der Waals surface area (Å²) in [5.41, 5.74) is 2.45. The highest BCUT2D eigenvalue weighted by Crippen LogP contribution is 2.22. The number of oxazole rings is 1. The van der Waals surface area contributed by atoms with Crippen LogP contribution in [0.1, 0.15) is 35.2 Å². The van der Waals surface area contributed by atoms with Gasteiger partial charge in [-0.3, -0.25) is 0 Å². The molecule has 0 radical (unpaired) electrons. The third-order valence-corrected chi connectivity index (χ3v) is 2.73. The number of carboxylic acid groups (broad SMARTS) is 1. The minimum Gasteiger partial charge on any atom is -0.475 e. The van der Waals surface area contributed by atoms with Crippen molar-refractivity contribution in [3.63, 3.8) is 0 Å². The monoisotopic (exact) mass is 245 g/mol. The predicted octanol–water partition coefficient (Wildman–Crippen LogP) is 3.30. The fourth-order valence-electron chi connectivity index (χ4n) is 1.82. The predicted molar refractivity (Wildman–Crippen MR) is 67.6 cm³/mol. The smallest absolute Gasteiger partial charge is 0.373 e. The fourth-order valence-corrected chi connectivity index (χ4v) is 1.82. The molecule has 1 aromatic heterocycles. The number of aromatic carboxylic acids is 1. The molecule has 18 heavy (non-hydrogen) atoms. The summed E-state index contributed by atoms with van der Waals surface area (Å²) in [7, 11) is 0. The number of carboxylic acids is 1. The van der Waals surface area contributed by atoms with Gasteiger partial charge in [0.1, 0.15) is 0 Å². The molecule has 0 bridgehead atoms. The van der Waals surface area contributed by atoms with E-state index in [1.54, 1.807) is 6.92 Å². The van der Waals surface area contributed by atoms with Crippen molar-refractivity contribution in [1.29, 1.82) is 0 Å². The minimum absolute atomic E-state index is 0.0948. The number of hydrogen-bond acceptors (Lipinski definition) is 3. The van der Waals surface area contributed by atoms with Crippen molar-refractivity contribution in [2.45, 2.75) is 26.7 Å². The Balaban J connectivity index is 2.31. The number of nitrogens with zero attached hydrogens (tertiary/aromatic N) is 1. The number of benzene rings is 1. The average molecular weight is 245 g/mol. The Morgan fingerprint density at radius 1 is 1.33 bits per heavy atom. The van der Waals surface area contributed by atoms with Gasteiger partial charge in [-0.05, 0) is 31.0 Å². The zero-order valence-corrected chi connectivity index (χ0v) is 10.4. The Kier molecular flexibility index (Phi) is 3.46. The maximum atomic E-state index is 10.9. The molecule has 0 aliphatic rings. The van der Waals surface area contributed by atoms with Gasteiger partial charge in [0.15, 0.2) is 0 Å². The van der Waals surface area contributed by atoms with E-state index in [9.17, 15) is 4.79 Å². The van der Waals surface area contributed by atoms with Crippen molar-refractivity contribution in [3.05, 3.63) is 41.3 Å². The van der Waals surface area contributed by atoms with Gasteiger partial charge >= 0.3 is 5.97 Å². The van der Waals surface area contributed by atoms with Crippen LogP contribution in [0.4, 0.5) is 0 Å². The second-order valence-electron chi connectivity index (χ2n) is 4.19. The highest BCUT2D eigenvalue weighted by molar-refractivity contribution is 5.86. The molecule has 2 rings (SSSR count). The van der Waals surface area contributed by atoms with Crippen LogP contribution in [0.2, 0.25) is 0 Å². The first-order chi connectivity index (χ1) is 8.61. The molecule has 0 aliphatic carbocycles. The molecule has 0 atom stereocenters. The quantitative estimate of drug-likeness (QED) is 0.897. The Labute approximate surface area is 105 Å². The van der Waals surface area contributed by atoms with Crippen molar-refractivity contribution in [2.24, 2.45) is 0 Å². The molecule has 1 aromatic carbocycles. The van der Waals surface area contributed by atoms with E-state index in [1.165, 1.54) is 5.56 Å². The van der Waals surface area contributed by atoms with Crippen molar-refractivity contribution < 1.29 is 14.3 Å². The third kappa shape index (κ3) is 2.42. The summed E-state index contributed by atoms with van der Waals surface area (Å²) in [6.45, 7) is 3.76. The normalized spacial score (nSPS) is 10.6. The molecular weight excluding hydrogens is 230 g/mol. The summed E-state index contributed by atoms with van der Waals surface area (Å²) in [6, 6.07) is 7.83. The summed E-state index contributed by atoms with van der Waals surface area (Å²) in [5, 5.41) is 8.91. The van der Waals surface area contributed by atoms with Gasteiger partial charge in [0.05, 0.1) is 5.69 Å². The summed E-state index contributed by atoms with van der Waals surface area (Å²) in [6.07, 6.45) is 2.13. The van der Waals surface area contributed by atoms with Crippen LogP contribution < -0.4 is 0 Å². The lowest BCUT2D eigenvalue weighted by Crippen LogP contribution is -1.95. The first kappa shape index (κ1) is 12.4. The van der Waals surface area contributed by atoms with E-state index in [0.29, 0.717) is 11.6 Å². The maximum Gasteiger partial charge on any atom is 0.373 e. The summed E-state index contributed by atoms with van der Waals surface area (Å²) in [4.78, 5) is 15.0. The highest BCUT2D eigenvalue weighted by Gasteiger charge is 2.16. The van der Waals surface area contributed by atoms with E-state index in [2.05, 4.69) is 11.9 Å². The van der Waals surface area contributed by atoms with Crippen LogP contribution in [-0.4, -0.2) is 16.1 Å². The van der Waals surface area contributed by atoms with Gasteiger partial charge in [0, 0.05) is 5.56 Å². The van der Waals surface area contributed by atoms with Crippen LogP contribution in [0.5, 0.6) is 0 Å². The van der Waals surface area contributed by atoms with Crippen LogP contribution in [0.3, 0.4) is 0 Å². The first-order valence-electron chi connectivity index (χ1n) is 5.92. The zero-order chi connectivity index (χ0) is 13.1. The summed E-state index contributed by atoms with van der Waals surface area (Å²) < 4.78 is 5.25. The molecule has 0 unspecified atom stereocenters. The second kappa shape index (κ2) is 5.04. The van der Waals surface area contributed by atoms with Crippen LogP contribution in [0, 0.1) is 6.92 Å². The van der Waals surface area contributed by atoms with Gasteiger partial charge in [-0.25, -0.2) is 9.78 Å². The van der Waals surface area contributed by atoms with Crippen molar-refractivity contribution >= 4 is 5.97 Å². The lowest BCUT2D eigenvalue weighted by molar-refractivity contribution is 0.0662. The van der Waals surface area contributed by atoms with E-state index in [-0.39, 0.29) is 5.76 Å². The molecule has 94 valence electrons. The second-order valence-corrected chi connectivity index (χ2v) is 4.19. The topological polar surface area (TPSA) is 63.3 Å². The van der Waals surface area contributed by atoms with Gasteiger partial charge in [-0.2, -0.15) is 0 Å². The lowest BCUT2D eigenvalue weighted by Gasteiger charge is -1.99. The minimum atomic E-state index is -1.09. The number of rotatable bonds is 4. The molecule has 1 N–H and O–H groups in total. The van der Waals surface area contributed by atoms with Crippen molar-refractivity contribution in [1.82, 2.24) is 4.98 Å². The van der Waals surface area contributed by atoms with Gasteiger partial charge < -0.3 is 9.52 Å². The van der Waals surface area contributed by atoms with E-state index >= 15 is 0 Å². The standard InChI is InChI=1S/C14H15NO3/c1-3-4-10-5-7-11(8-6-10)13-15-9(2)12(18-13)14(16)17/h5-8H,3-4H2,1-2H3,(H,16,17). The highest BCUT2D eigenvalue weighted by atomic mass is 16.4. The fraction of sp³-hybridized carbons (Fsp3) is 0.286. The SMILES string of the molecule is CCCc1ccc(-c2nc(C)c(C(=O)O)o2)cc1. The molecule has 0 amide bonds. The van der Waals surface area contributed by atoms with E-state index in [4.69, 9.17) is 9.52 Å². The van der Waals surface area contributed by atoms with E-state index < -0.39 is 5.97 Å². The summed E-state index contributed by atoms with van der Waals surface area (Å²) in [5.74, 6) is -0.829. The first-order valence-corrected chi connectivity index (χ1v) is 5.92. The van der Waals surface area contributed by atoms with Gasteiger partial charge in [-0.1, -0.05) is 25.5 Å².